The normalized spacial score (nSPS) is 19.4. The highest BCUT2D eigenvalue weighted by atomic mass is 16.2. The van der Waals surface area contributed by atoms with Gasteiger partial charge in [0.2, 0.25) is 0 Å². The van der Waals surface area contributed by atoms with Gasteiger partial charge >= 0.3 is 6.03 Å². The summed E-state index contributed by atoms with van der Waals surface area (Å²) in [6, 6.07) is -0.366. The quantitative estimate of drug-likeness (QED) is 0.423. The van der Waals surface area contributed by atoms with Crippen molar-refractivity contribution in [3.05, 3.63) is 6.54 Å². The van der Waals surface area contributed by atoms with E-state index in [9.17, 15) is 9.59 Å². The smallest absolute Gasteiger partial charge is 0.313 e. The van der Waals surface area contributed by atoms with Gasteiger partial charge in [0.25, 0.3) is 5.91 Å². The Hall–Kier alpha value is -1.06. The largest absolute Gasteiger partial charge is 0.324 e. The summed E-state index contributed by atoms with van der Waals surface area (Å²) in [5.74, 6) is -0.350. The van der Waals surface area contributed by atoms with Crippen LogP contribution >= 0.6 is 0 Å². The van der Waals surface area contributed by atoms with E-state index in [1.54, 1.807) is 0 Å². The molecule has 0 aromatic rings. The Kier molecular flexibility index (Phi) is 0.932. The first kappa shape index (κ1) is 5.08. The average molecular weight is 113 g/mol. The predicted octanol–water partition coefficient (Wildman–Crippen LogP) is -0.670. The minimum atomic E-state index is -0.366. The van der Waals surface area contributed by atoms with Crippen molar-refractivity contribution in [2.24, 2.45) is 0 Å². The van der Waals surface area contributed by atoms with Crippen LogP contribution in [-0.4, -0.2) is 23.9 Å². The van der Waals surface area contributed by atoms with Gasteiger partial charge in [0.05, 0.1) is 0 Å². The number of carbonyl (C=O) groups is 2. The van der Waals surface area contributed by atoms with Crippen LogP contribution in [0.15, 0.2) is 0 Å². The van der Waals surface area contributed by atoms with Crippen LogP contribution in [0.2, 0.25) is 0 Å². The second-order valence-electron chi connectivity index (χ2n) is 1.53. The topological polar surface area (TPSA) is 49.4 Å². The molecule has 0 bridgehead atoms. The van der Waals surface area contributed by atoms with E-state index in [0.29, 0.717) is 0 Å². The van der Waals surface area contributed by atoms with Crippen molar-refractivity contribution in [1.29, 1.82) is 0 Å². The lowest BCUT2D eigenvalue weighted by atomic mass is 10.6. The Labute approximate surface area is 46.5 Å². The molecule has 0 atom stereocenters. The summed E-state index contributed by atoms with van der Waals surface area (Å²) in [4.78, 5) is 21.8. The van der Waals surface area contributed by atoms with Crippen molar-refractivity contribution in [3.63, 3.8) is 0 Å². The third-order valence-electron chi connectivity index (χ3n) is 0.861. The van der Waals surface area contributed by atoms with Crippen molar-refractivity contribution in [3.8, 4) is 0 Å². The molecule has 0 saturated carbocycles. The van der Waals surface area contributed by atoms with E-state index in [4.69, 9.17) is 0 Å². The molecule has 3 amide bonds. The van der Waals surface area contributed by atoms with Gasteiger partial charge in [0, 0.05) is 7.05 Å². The van der Waals surface area contributed by atoms with Gasteiger partial charge < -0.3 is 4.90 Å². The zero-order valence-corrected chi connectivity index (χ0v) is 4.34. The number of likely N-dealkylation sites (N-methyl/N-ethyl adjacent to an activating group) is 1. The summed E-state index contributed by atoms with van der Waals surface area (Å²) in [6.45, 7) is 1.20. The van der Waals surface area contributed by atoms with Gasteiger partial charge in [-0.15, -0.1) is 0 Å². The van der Waals surface area contributed by atoms with Gasteiger partial charge in [-0.3, -0.25) is 10.1 Å². The first-order valence-corrected chi connectivity index (χ1v) is 2.13. The van der Waals surface area contributed by atoms with Crippen molar-refractivity contribution in [2.45, 2.75) is 0 Å². The molecule has 0 spiro atoms. The molecule has 1 fully saturated rings. The molecule has 1 rings (SSSR count). The minimum Gasteiger partial charge on any atom is -0.313 e. The first-order valence-electron chi connectivity index (χ1n) is 2.13. The molecule has 4 heteroatoms. The lowest BCUT2D eigenvalue weighted by Gasteiger charge is -1.98. The van der Waals surface area contributed by atoms with Gasteiger partial charge in [-0.1, -0.05) is 0 Å². The van der Waals surface area contributed by atoms with Gasteiger partial charge in [0.15, 0.2) is 0 Å². The molecule has 0 aromatic heterocycles. The molecule has 4 nitrogen and oxygen atoms in total. The highest BCUT2D eigenvalue weighted by molar-refractivity contribution is 6.05. The van der Waals surface area contributed by atoms with Crippen LogP contribution in [0.4, 0.5) is 4.79 Å². The van der Waals surface area contributed by atoms with Gasteiger partial charge in [-0.25, -0.2) is 4.79 Å². The zero-order chi connectivity index (χ0) is 6.15. The number of amides is 3. The Morgan fingerprint density at radius 2 is 2.25 bits per heavy atom. The second-order valence-corrected chi connectivity index (χ2v) is 1.53. The molecular weight excluding hydrogens is 108 g/mol. The number of carbonyl (C=O) groups excluding carboxylic acids is 2. The zero-order valence-electron chi connectivity index (χ0n) is 4.34. The number of hydrogen-bond donors (Lipinski definition) is 1. The van der Waals surface area contributed by atoms with Crippen molar-refractivity contribution < 1.29 is 9.59 Å². The lowest BCUT2D eigenvalue weighted by Crippen LogP contribution is -2.23. The van der Waals surface area contributed by atoms with Crippen LogP contribution in [-0.2, 0) is 4.79 Å². The van der Waals surface area contributed by atoms with Crippen LogP contribution in [0.5, 0.6) is 0 Å². The second kappa shape index (κ2) is 1.47. The van der Waals surface area contributed by atoms with Crippen molar-refractivity contribution in [2.75, 3.05) is 7.05 Å². The third kappa shape index (κ3) is 0.641. The molecule has 1 aliphatic heterocycles. The Morgan fingerprint density at radius 1 is 1.62 bits per heavy atom. The van der Waals surface area contributed by atoms with Gasteiger partial charge in [-0.05, 0) is 0 Å². The Bertz CT molecular complexity index is 143. The van der Waals surface area contributed by atoms with E-state index < -0.39 is 0 Å². The molecule has 0 aromatic carbocycles. The van der Waals surface area contributed by atoms with E-state index in [1.165, 1.54) is 18.5 Å². The van der Waals surface area contributed by atoms with E-state index in [0.717, 1.165) is 0 Å². The maximum Gasteiger partial charge on any atom is 0.324 e. The maximum atomic E-state index is 10.3. The Balaban J connectivity index is 2.64. The van der Waals surface area contributed by atoms with Crippen LogP contribution in [0.3, 0.4) is 0 Å². The monoisotopic (exact) mass is 113 g/mol. The number of hydrogen-bond acceptors (Lipinski definition) is 2. The van der Waals surface area contributed by atoms with Crippen molar-refractivity contribution >= 4 is 11.9 Å². The van der Waals surface area contributed by atoms with E-state index >= 15 is 0 Å². The van der Waals surface area contributed by atoms with E-state index in [-0.39, 0.29) is 11.9 Å². The summed E-state index contributed by atoms with van der Waals surface area (Å²) in [6.07, 6.45) is 0. The third-order valence-corrected chi connectivity index (χ3v) is 0.861. The summed E-state index contributed by atoms with van der Waals surface area (Å²) in [5, 5.41) is 2.06. The number of urea groups is 1. The van der Waals surface area contributed by atoms with E-state index in [2.05, 4.69) is 5.32 Å². The predicted molar refractivity (Wildman–Crippen MR) is 25.6 cm³/mol. The number of nitrogens with one attached hydrogen (secondary N) is 1. The SMILES string of the molecule is CN1[CH]C(=O)NC1=O. The fraction of sp³-hybridized carbons (Fsp3) is 0.250. The average Bonchev–Trinajstić information content (AvgIpc) is 1.85. The highest BCUT2D eigenvalue weighted by Crippen LogP contribution is 1.96. The summed E-state index contributed by atoms with van der Waals surface area (Å²) in [5.41, 5.74) is 0. The summed E-state index contributed by atoms with van der Waals surface area (Å²) < 4.78 is 0. The Morgan fingerprint density at radius 3 is 2.38 bits per heavy atom. The molecule has 1 N–H and O–H groups in total. The molecule has 43 valence electrons. The fourth-order valence-electron chi connectivity index (χ4n) is 0.460. The highest BCUT2D eigenvalue weighted by Gasteiger charge is 2.22. The molecule has 8 heavy (non-hydrogen) atoms. The number of nitrogens with zero attached hydrogens (tertiary/aromatic N) is 1. The van der Waals surface area contributed by atoms with Crippen LogP contribution in [0, 0.1) is 6.54 Å². The summed E-state index contributed by atoms with van der Waals surface area (Å²) >= 11 is 0. The fourth-order valence-corrected chi connectivity index (χ4v) is 0.460. The van der Waals surface area contributed by atoms with E-state index in [1.807, 2.05) is 0 Å². The van der Waals surface area contributed by atoms with Crippen LogP contribution in [0.1, 0.15) is 0 Å². The minimum absolute atomic E-state index is 0.350. The van der Waals surface area contributed by atoms with Crippen LogP contribution < -0.4 is 5.32 Å². The molecule has 1 heterocycles. The number of imide groups is 1. The maximum absolute atomic E-state index is 10.3. The standard InChI is InChI=1S/C4H5N2O2/c1-6-2-3(7)5-4(6)8/h2H,1H3,(H,5,7,8). The number of rotatable bonds is 0. The summed E-state index contributed by atoms with van der Waals surface area (Å²) in [7, 11) is 1.51. The van der Waals surface area contributed by atoms with Gasteiger partial charge in [-0.2, -0.15) is 0 Å². The molecule has 0 unspecified atom stereocenters. The lowest BCUT2D eigenvalue weighted by molar-refractivity contribution is -0.116. The molecule has 1 radical (unpaired) electrons. The van der Waals surface area contributed by atoms with Crippen molar-refractivity contribution in [1.82, 2.24) is 10.2 Å². The first-order chi connectivity index (χ1) is 3.70. The molecular formula is C4H5N2O2. The molecule has 1 saturated heterocycles. The van der Waals surface area contributed by atoms with Gasteiger partial charge in [0.1, 0.15) is 6.54 Å². The van der Waals surface area contributed by atoms with Crippen LogP contribution in [0.25, 0.3) is 0 Å². The molecule has 1 aliphatic rings. The molecule has 0 aliphatic carbocycles.